The topological polar surface area (TPSA) is 105 Å². The van der Waals surface area contributed by atoms with Gasteiger partial charge < -0.3 is 29.9 Å². The Morgan fingerprint density at radius 3 is 2.79 bits per heavy atom. The van der Waals surface area contributed by atoms with Crippen molar-refractivity contribution in [2.45, 2.75) is 31.8 Å². The largest absolute Gasteiger partial charge is 0.475 e. The first kappa shape index (κ1) is 19.7. The SMILES string of the molecule is CN1CCC[C@H]1COc1nc2c(c(N3CCN(C(=O)O)CC3)c1C#N)CCNC2. The summed E-state index contributed by atoms with van der Waals surface area (Å²) in [6.45, 7) is 5.08. The molecule has 1 amide bonds. The van der Waals surface area contributed by atoms with Crippen molar-refractivity contribution < 1.29 is 14.6 Å². The molecule has 29 heavy (non-hydrogen) atoms. The molecule has 0 aliphatic carbocycles. The predicted molar refractivity (Wildman–Crippen MR) is 107 cm³/mol. The van der Waals surface area contributed by atoms with Crippen molar-refractivity contribution in [3.05, 3.63) is 16.8 Å². The average molecular weight is 400 g/mol. The van der Waals surface area contributed by atoms with Crippen LogP contribution >= 0.6 is 0 Å². The van der Waals surface area contributed by atoms with Crippen molar-refractivity contribution >= 4 is 11.8 Å². The van der Waals surface area contributed by atoms with Gasteiger partial charge in [0.05, 0.1) is 11.4 Å². The second-order valence-electron chi connectivity index (χ2n) is 7.95. The second kappa shape index (κ2) is 8.43. The Kier molecular flexibility index (Phi) is 5.74. The molecule has 0 unspecified atom stereocenters. The zero-order chi connectivity index (χ0) is 20.4. The average Bonchev–Trinajstić information content (AvgIpc) is 3.15. The summed E-state index contributed by atoms with van der Waals surface area (Å²) in [5, 5.41) is 22.6. The van der Waals surface area contributed by atoms with Crippen LogP contribution in [0.4, 0.5) is 10.5 Å². The molecule has 3 aliphatic heterocycles. The van der Waals surface area contributed by atoms with Crippen molar-refractivity contribution in [2.24, 2.45) is 0 Å². The van der Waals surface area contributed by atoms with Crippen LogP contribution in [0.5, 0.6) is 5.88 Å². The summed E-state index contributed by atoms with van der Waals surface area (Å²) in [7, 11) is 2.10. The molecule has 0 saturated carbocycles. The summed E-state index contributed by atoms with van der Waals surface area (Å²) in [6, 6.07) is 2.69. The molecule has 9 heteroatoms. The van der Waals surface area contributed by atoms with E-state index in [2.05, 4.69) is 28.2 Å². The van der Waals surface area contributed by atoms with E-state index in [1.807, 2.05) is 0 Å². The number of likely N-dealkylation sites (tertiary alicyclic amines) is 1. The van der Waals surface area contributed by atoms with Gasteiger partial charge in [0.15, 0.2) is 0 Å². The lowest BCUT2D eigenvalue weighted by molar-refractivity contribution is 0.142. The molecule has 0 spiro atoms. The van der Waals surface area contributed by atoms with Gasteiger partial charge in [0.25, 0.3) is 0 Å². The molecule has 2 fully saturated rings. The van der Waals surface area contributed by atoms with E-state index in [1.165, 1.54) is 4.90 Å². The Morgan fingerprint density at radius 2 is 2.14 bits per heavy atom. The molecule has 1 aromatic rings. The summed E-state index contributed by atoms with van der Waals surface area (Å²) in [5.74, 6) is 0.408. The molecule has 3 aliphatic rings. The van der Waals surface area contributed by atoms with Crippen LogP contribution in [0.25, 0.3) is 0 Å². The van der Waals surface area contributed by atoms with Crippen LogP contribution in [0.15, 0.2) is 0 Å². The number of rotatable bonds is 4. The summed E-state index contributed by atoms with van der Waals surface area (Å²) >= 11 is 0. The molecular formula is C20H28N6O3. The molecule has 156 valence electrons. The number of nitriles is 1. The highest BCUT2D eigenvalue weighted by molar-refractivity contribution is 5.70. The highest BCUT2D eigenvalue weighted by Crippen LogP contribution is 2.35. The van der Waals surface area contributed by atoms with Gasteiger partial charge in [-0.25, -0.2) is 9.78 Å². The molecule has 4 heterocycles. The Balaban J connectivity index is 1.63. The van der Waals surface area contributed by atoms with E-state index in [9.17, 15) is 15.2 Å². The van der Waals surface area contributed by atoms with Gasteiger partial charge in [0.1, 0.15) is 18.2 Å². The normalized spacial score (nSPS) is 22.3. The van der Waals surface area contributed by atoms with Crippen LogP contribution < -0.4 is 15.0 Å². The van der Waals surface area contributed by atoms with Gasteiger partial charge in [-0.1, -0.05) is 0 Å². The third-order valence-electron chi connectivity index (χ3n) is 6.23. The number of aromatic nitrogens is 1. The number of amides is 1. The number of pyridine rings is 1. The van der Waals surface area contributed by atoms with Gasteiger partial charge in [0, 0.05) is 44.3 Å². The number of nitrogens with zero attached hydrogens (tertiary/aromatic N) is 5. The predicted octanol–water partition coefficient (Wildman–Crippen LogP) is 0.872. The minimum atomic E-state index is -0.893. The van der Waals surface area contributed by atoms with Crippen molar-refractivity contribution in [1.82, 2.24) is 20.1 Å². The maximum absolute atomic E-state index is 11.3. The summed E-state index contributed by atoms with van der Waals surface area (Å²) in [6.07, 6.45) is 2.17. The van der Waals surface area contributed by atoms with Crippen LogP contribution in [-0.4, -0.2) is 84.9 Å². The number of hydrogen-bond acceptors (Lipinski definition) is 7. The van der Waals surface area contributed by atoms with Crippen molar-refractivity contribution in [3.8, 4) is 11.9 Å². The van der Waals surface area contributed by atoms with Gasteiger partial charge in [0.2, 0.25) is 5.88 Å². The number of piperazine rings is 1. The van der Waals surface area contributed by atoms with Crippen molar-refractivity contribution in [3.63, 3.8) is 0 Å². The maximum atomic E-state index is 11.3. The molecule has 0 radical (unpaired) electrons. The zero-order valence-corrected chi connectivity index (χ0v) is 16.9. The van der Waals surface area contributed by atoms with Crippen molar-refractivity contribution in [2.75, 3.05) is 57.8 Å². The van der Waals surface area contributed by atoms with Gasteiger partial charge >= 0.3 is 6.09 Å². The van der Waals surface area contributed by atoms with Crippen LogP contribution in [-0.2, 0) is 13.0 Å². The van der Waals surface area contributed by atoms with E-state index in [4.69, 9.17) is 9.72 Å². The molecule has 4 rings (SSSR count). The monoisotopic (exact) mass is 400 g/mol. The number of nitrogens with one attached hydrogen (secondary N) is 1. The number of likely N-dealkylation sites (N-methyl/N-ethyl adjacent to an activating group) is 1. The molecule has 1 aromatic heterocycles. The quantitative estimate of drug-likeness (QED) is 0.767. The third-order valence-corrected chi connectivity index (χ3v) is 6.23. The van der Waals surface area contributed by atoms with Gasteiger partial charge in [-0.15, -0.1) is 0 Å². The Bertz CT molecular complexity index is 815. The van der Waals surface area contributed by atoms with Crippen LogP contribution in [0, 0.1) is 11.3 Å². The minimum Gasteiger partial charge on any atom is -0.475 e. The lowest BCUT2D eigenvalue weighted by atomic mass is 9.99. The third kappa shape index (κ3) is 3.95. The molecule has 2 N–H and O–H groups in total. The number of fused-ring (bicyclic) bond motifs is 1. The number of carboxylic acid groups (broad SMARTS) is 1. The summed E-state index contributed by atoms with van der Waals surface area (Å²) in [4.78, 5) is 21.8. The fourth-order valence-electron chi connectivity index (χ4n) is 4.50. The standard InChI is InChI=1S/C20H28N6O3/c1-24-6-2-3-14(24)13-29-19-16(11-21)18(15-4-5-22-12-17(15)23-19)25-7-9-26(10-8-25)20(27)28/h14,22H,2-10,12-13H2,1H3,(H,27,28)/t14-/m0/s1. The first-order chi connectivity index (χ1) is 14.1. The summed E-state index contributed by atoms with van der Waals surface area (Å²) < 4.78 is 6.11. The highest BCUT2D eigenvalue weighted by atomic mass is 16.5. The number of anilines is 1. The Hall–Kier alpha value is -2.57. The van der Waals surface area contributed by atoms with Crippen LogP contribution in [0.3, 0.4) is 0 Å². The lowest BCUT2D eigenvalue weighted by Gasteiger charge is -2.37. The number of carbonyl (C=O) groups is 1. The second-order valence-corrected chi connectivity index (χ2v) is 7.95. The van der Waals surface area contributed by atoms with E-state index in [0.29, 0.717) is 56.8 Å². The van der Waals surface area contributed by atoms with E-state index in [-0.39, 0.29) is 0 Å². The minimum absolute atomic E-state index is 0.347. The molecule has 0 bridgehead atoms. The smallest absolute Gasteiger partial charge is 0.407 e. The molecule has 9 nitrogen and oxygen atoms in total. The van der Waals surface area contributed by atoms with Gasteiger partial charge in [-0.3, -0.25) is 0 Å². The van der Waals surface area contributed by atoms with E-state index < -0.39 is 6.09 Å². The fraction of sp³-hybridized carbons (Fsp3) is 0.650. The lowest BCUT2D eigenvalue weighted by Crippen LogP contribution is -2.49. The van der Waals surface area contributed by atoms with E-state index in [0.717, 1.165) is 49.3 Å². The molecular weight excluding hydrogens is 372 g/mol. The molecule has 0 aromatic carbocycles. The first-order valence-electron chi connectivity index (χ1n) is 10.3. The van der Waals surface area contributed by atoms with Crippen LogP contribution in [0.1, 0.15) is 29.7 Å². The number of hydrogen-bond donors (Lipinski definition) is 2. The molecule has 2 saturated heterocycles. The van der Waals surface area contributed by atoms with E-state index >= 15 is 0 Å². The Labute approximate surface area is 170 Å². The Morgan fingerprint density at radius 1 is 1.34 bits per heavy atom. The van der Waals surface area contributed by atoms with Crippen molar-refractivity contribution in [1.29, 1.82) is 5.26 Å². The first-order valence-corrected chi connectivity index (χ1v) is 10.3. The molecule has 1 atom stereocenters. The van der Waals surface area contributed by atoms with Crippen LogP contribution in [0.2, 0.25) is 0 Å². The fourth-order valence-corrected chi connectivity index (χ4v) is 4.50. The van der Waals surface area contributed by atoms with Gasteiger partial charge in [-0.05, 0) is 39.4 Å². The van der Waals surface area contributed by atoms with E-state index in [1.54, 1.807) is 0 Å². The van der Waals surface area contributed by atoms with Gasteiger partial charge in [-0.2, -0.15) is 5.26 Å². The summed E-state index contributed by atoms with van der Waals surface area (Å²) in [5.41, 5.74) is 3.39. The maximum Gasteiger partial charge on any atom is 0.407 e. The highest BCUT2D eigenvalue weighted by Gasteiger charge is 2.30. The zero-order valence-electron chi connectivity index (χ0n) is 16.9. The number of ether oxygens (including phenoxy) is 1.